The zero-order chi connectivity index (χ0) is 18.8. The molecule has 0 spiro atoms. The number of aromatic amines is 1. The molecule has 0 aliphatic carbocycles. The van der Waals surface area contributed by atoms with Crippen molar-refractivity contribution in [1.82, 2.24) is 15.3 Å². The Hall–Kier alpha value is -2.41. The lowest BCUT2D eigenvalue weighted by Gasteiger charge is -2.31. The number of nitrogens with zero attached hydrogens (tertiary/aromatic N) is 2. The molecule has 1 aliphatic rings. The van der Waals surface area contributed by atoms with Crippen molar-refractivity contribution in [2.24, 2.45) is 5.92 Å². The molecular weight excluding hydrogens is 411 g/mol. The molecule has 1 saturated heterocycles. The summed E-state index contributed by atoms with van der Waals surface area (Å²) >= 11 is 3.47. The monoisotopic (exact) mass is 430 g/mol. The first kappa shape index (κ1) is 18.0. The summed E-state index contributed by atoms with van der Waals surface area (Å²) in [7, 11) is 0. The molecule has 1 aliphatic heterocycles. The normalized spacial score (nSPS) is 17.3. The minimum absolute atomic E-state index is 0.0304. The number of hydrogen-bond donors (Lipinski definition) is 2. The van der Waals surface area contributed by atoms with Gasteiger partial charge in [0.1, 0.15) is 5.82 Å². The average Bonchev–Trinajstić information content (AvgIpc) is 3.10. The molecule has 0 unspecified atom stereocenters. The lowest BCUT2D eigenvalue weighted by molar-refractivity contribution is -0.125. The fourth-order valence-electron chi connectivity index (χ4n) is 3.44. The number of nitrogens with one attached hydrogen (secondary N) is 2. The van der Waals surface area contributed by atoms with Gasteiger partial charge in [0.25, 0.3) is 0 Å². The summed E-state index contributed by atoms with van der Waals surface area (Å²) < 4.78 is 14.0. The van der Waals surface area contributed by atoms with Crippen molar-refractivity contribution in [2.45, 2.75) is 19.4 Å². The molecule has 140 valence electrons. The van der Waals surface area contributed by atoms with E-state index in [1.807, 2.05) is 18.2 Å². The van der Waals surface area contributed by atoms with E-state index >= 15 is 0 Å². The number of carbonyl (C=O) groups excluding carboxylic acids is 1. The Morgan fingerprint density at radius 3 is 2.93 bits per heavy atom. The maximum absolute atomic E-state index is 13.0. The van der Waals surface area contributed by atoms with Crippen LogP contribution in [0.1, 0.15) is 18.4 Å². The fraction of sp³-hybridized carbons (Fsp3) is 0.300. The first-order valence-electron chi connectivity index (χ1n) is 9.01. The molecule has 0 bridgehead atoms. The van der Waals surface area contributed by atoms with Gasteiger partial charge in [-0.05, 0) is 48.7 Å². The van der Waals surface area contributed by atoms with Crippen LogP contribution < -0.4 is 10.2 Å². The van der Waals surface area contributed by atoms with E-state index in [0.29, 0.717) is 13.1 Å². The second-order valence-electron chi connectivity index (χ2n) is 6.85. The van der Waals surface area contributed by atoms with Gasteiger partial charge in [0.2, 0.25) is 11.9 Å². The van der Waals surface area contributed by atoms with E-state index in [4.69, 9.17) is 0 Å². The number of benzene rings is 2. The van der Waals surface area contributed by atoms with Gasteiger partial charge in [0.15, 0.2) is 0 Å². The van der Waals surface area contributed by atoms with Crippen molar-refractivity contribution in [3.05, 3.63) is 58.3 Å². The smallest absolute Gasteiger partial charge is 0.225 e. The number of hydrogen-bond acceptors (Lipinski definition) is 3. The van der Waals surface area contributed by atoms with Crippen molar-refractivity contribution in [3.63, 3.8) is 0 Å². The number of fused-ring (bicyclic) bond motifs is 1. The number of imidazole rings is 1. The van der Waals surface area contributed by atoms with Crippen LogP contribution in [0.5, 0.6) is 0 Å². The Bertz CT molecular complexity index is 956. The van der Waals surface area contributed by atoms with Crippen LogP contribution in [0.2, 0.25) is 0 Å². The highest BCUT2D eigenvalue weighted by Crippen LogP contribution is 2.25. The number of halogens is 2. The van der Waals surface area contributed by atoms with Crippen molar-refractivity contribution < 1.29 is 9.18 Å². The van der Waals surface area contributed by atoms with Crippen LogP contribution in [0.15, 0.2) is 46.9 Å². The topological polar surface area (TPSA) is 61.0 Å². The molecule has 1 fully saturated rings. The van der Waals surface area contributed by atoms with Gasteiger partial charge >= 0.3 is 0 Å². The van der Waals surface area contributed by atoms with Crippen LogP contribution in [0.3, 0.4) is 0 Å². The van der Waals surface area contributed by atoms with E-state index in [2.05, 4.69) is 36.1 Å². The average molecular weight is 431 g/mol. The molecule has 1 atom stereocenters. The Labute approximate surface area is 165 Å². The largest absolute Gasteiger partial charge is 0.352 e. The number of amides is 1. The van der Waals surface area contributed by atoms with Crippen LogP contribution in [0.25, 0.3) is 11.0 Å². The molecule has 0 radical (unpaired) electrons. The van der Waals surface area contributed by atoms with Gasteiger partial charge in [-0.3, -0.25) is 4.79 Å². The SMILES string of the molecule is O=C(NCc1ccc(F)cc1)[C@@H]1CCCN(c2nc3ccc(Br)cc3[nH]2)C1. The number of H-pyrrole nitrogens is 1. The number of carbonyl (C=O) groups is 1. The van der Waals surface area contributed by atoms with E-state index < -0.39 is 0 Å². The third-order valence-corrected chi connectivity index (χ3v) is 5.40. The molecule has 4 rings (SSSR count). The summed E-state index contributed by atoms with van der Waals surface area (Å²) in [5.41, 5.74) is 2.78. The summed E-state index contributed by atoms with van der Waals surface area (Å²) in [6, 6.07) is 12.1. The fourth-order valence-corrected chi connectivity index (χ4v) is 3.80. The molecule has 5 nitrogen and oxygen atoms in total. The van der Waals surface area contributed by atoms with Crippen LogP contribution in [0, 0.1) is 11.7 Å². The predicted octanol–water partition coefficient (Wildman–Crippen LogP) is 4.00. The third kappa shape index (κ3) is 4.13. The first-order chi connectivity index (χ1) is 13.1. The van der Waals surface area contributed by atoms with Gasteiger partial charge in [-0.2, -0.15) is 0 Å². The minimum Gasteiger partial charge on any atom is -0.352 e. The molecule has 7 heteroatoms. The van der Waals surface area contributed by atoms with Gasteiger partial charge < -0.3 is 15.2 Å². The number of rotatable bonds is 4. The van der Waals surface area contributed by atoms with Crippen molar-refractivity contribution in [3.8, 4) is 0 Å². The Kier molecular flexibility index (Phi) is 5.11. The first-order valence-corrected chi connectivity index (χ1v) is 9.80. The Morgan fingerprint density at radius 1 is 1.30 bits per heavy atom. The molecular formula is C20H20BrFN4O. The zero-order valence-corrected chi connectivity index (χ0v) is 16.3. The molecule has 3 aromatic rings. The molecule has 27 heavy (non-hydrogen) atoms. The second-order valence-corrected chi connectivity index (χ2v) is 7.77. The zero-order valence-electron chi connectivity index (χ0n) is 14.7. The van der Waals surface area contributed by atoms with Gasteiger partial charge in [-0.25, -0.2) is 9.37 Å². The van der Waals surface area contributed by atoms with Gasteiger partial charge in [-0.1, -0.05) is 28.1 Å². The van der Waals surface area contributed by atoms with Crippen molar-refractivity contribution in [1.29, 1.82) is 0 Å². The summed E-state index contributed by atoms with van der Waals surface area (Å²) in [6.45, 7) is 1.92. The van der Waals surface area contributed by atoms with Crippen LogP contribution in [0.4, 0.5) is 10.3 Å². The number of anilines is 1. The standard InChI is InChI=1S/C20H20BrFN4O/c21-15-5-8-17-18(10-15)25-20(24-17)26-9-1-2-14(12-26)19(27)23-11-13-3-6-16(22)7-4-13/h3-8,10,14H,1-2,9,11-12H2,(H,23,27)(H,24,25)/t14-/m1/s1. The number of piperidine rings is 1. The quantitative estimate of drug-likeness (QED) is 0.657. The highest BCUT2D eigenvalue weighted by Gasteiger charge is 2.27. The highest BCUT2D eigenvalue weighted by atomic mass is 79.9. The van der Waals surface area contributed by atoms with Gasteiger partial charge in [-0.15, -0.1) is 0 Å². The second kappa shape index (κ2) is 7.68. The maximum Gasteiger partial charge on any atom is 0.225 e. The van der Waals surface area contributed by atoms with E-state index in [1.165, 1.54) is 12.1 Å². The van der Waals surface area contributed by atoms with Gasteiger partial charge in [0, 0.05) is 24.1 Å². The van der Waals surface area contributed by atoms with E-state index in [0.717, 1.165) is 46.4 Å². The van der Waals surface area contributed by atoms with Crippen molar-refractivity contribution in [2.75, 3.05) is 18.0 Å². The van der Waals surface area contributed by atoms with E-state index in [-0.39, 0.29) is 17.6 Å². The third-order valence-electron chi connectivity index (χ3n) is 4.90. The molecule has 0 saturated carbocycles. The maximum atomic E-state index is 13.0. The highest BCUT2D eigenvalue weighted by molar-refractivity contribution is 9.10. The van der Waals surface area contributed by atoms with Crippen LogP contribution >= 0.6 is 15.9 Å². The summed E-state index contributed by atoms with van der Waals surface area (Å²) in [4.78, 5) is 22.7. The van der Waals surface area contributed by atoms with Crippen LogP contribution in [-0.4, -0.2) is 29.0 Å². The molecule has 1 amide bonds. The Balaban J connectivity index is 1.40. The lowest BCUT2D eigenvalue weighted by atomic mass is 9.97. The molecule has 2 N–H and O–H groups in total. The van der Waals surface area contributed by atoms with E-state index in [9.17, 15) is 9.18 Å². The molecule has 1 aromatic heterocycles. The summed E-state index contributed by atoms with van der Waals surface area (Å²) in [6.07, 6.45) is 1.80. The summed E-state index contributed by atoms with van der Waals surface area (Å²) in [5.74, 6) is 0.479. The van der Waals surface area contributed by atoms with Crippen molar-refractivity contribution >= 4 is 38.8 Å². The minimum atomic E-state index is -0.272. The lowest BCUT2D eigenvalue weighted by Crippen LogP contribution is -2.43. The van der Waals surface area contributed by atoms with Crippen LogP contribution in [-0.2, 0) is 11.3 Å². The molecule has 2 aromatic carbocycles. The van der Waals surface area contributed by atoms with Gasteiger partial charge in [0.05, 0.1) is 17.0 Å². The summed E-state index contributed by atoms with van der Waals surface area (Å²) in [5, 5.41) is 2.97. The predicted molar refractivity (Wildman–Crippen MR) is 107 cm³/mol. The Morgan fingerprint density at radius 2 is 2.11 bits per heavy atom. The molecule has 2 heterocycles. The number of aromatic nitrogens is 2. The van der Waals surface area contributed by atoms with E-state index in [1.54, 1.807) is 12.1 Å².